The fourth-order valence-corrected chi connectivity index (χ4v) is 5.70. The summed E-state index contributed by atoms with van der Waals surface area (Å²) >= 11 is 0. The van der Waals surface area contributed by atoms with Gasteiger partial charge in [-0.25, -0.2) is 0 Å². The molecule has 2 aliphatic carbocycles. The van der Waals surface area contributed by atoms with Crippen molar-refractivity contribution >= 4 is 17.7 Å². The molecular weight excluding hydrogens is 539 g/mol. The van der Waals surface area contributed by atoms with Crippen molar-refractivity contribution in [3.63, 3.8) is 0 Å². The monoisotopic (exact) mass is 575 g/mol. The standard InChI is InChI=1S/C29H36F3N5O4/c30-29(31,32)22-11-4-3-10-21(22)25-16-24(36-37(25)20-8-1-2-9-20)28(40)35-23(27(39)34-18-6-5-7-18)17-26(38)33-19-12-14-41-15-13-19/h3-4,10-11,16,18-20,23H,1-2,5-9,12-15,17H2,(H,33,38)(H,34,39)(H,35,40)/t23-/m1/s1. The maximum absolute atomic E-state index is 13.9. The molecule has 9 nitrogen and oxygen atoms in total. The third kappa shape index (κ3) is 7.09. The Morgan fingerprint density at radius 2 is 1.63 bits per heavy atom. The van der Waals surface area contributed by atoms with Gasteiger partial charge in [0, 0.05) is 30.9 Å². The van der Waals surface area contributed by atoms with Gasteiger partial charge in [0.2, 0.25) is 11.8 Å². The van der Waals surface area contributed by atoms with E-state index in [4.69, 9.17) is 4.74 Å². The molecule has 0 radical (unpaired) electrons. The second kappa shape index (κ2) is 12.6. The second-order valence-electron chi connectivity index (χ2n) is 11.2. The lowest BCUT2D eigenvalue weighted by atomic mass is 9.93. The normalized spacial score (nSPS) is 19.4. The molecule has 1 aromatic heterocycles. The smallest absolute Gasteiger partial charge is 0.381 e. The summed E-state index contributed by atoms with van der Waals surface area (Å²) in [6.45, 7) is 1.08. The van der Waals surface area contributed by atoms with E-state index in [9.17, 15) is 27.6 Å². The Labute approximate surface area is 236 Å². The molecule has 12 heteroatoms. The molecule has 2 aromatic rings. The van der Waals surface area contributed by atoms with E-state index in [0.717, 1.165) is 51.0 Å². The zero-order chi connectivity index (χ0) is 29.0. The van der Waals surface area contributed by atoms with E-state index in [0.29, 0.717) is 26.1 Å². The highest BCUT2D eigenvalue weighted by molar-refractivity contribution is 5.98. The van der Waals surface area contributed by atoms with Gasteiger partial charge in [-0.2, -0.15) is 18.3 Å². The van der Waals surface area contributed by atoms with Gasteiger partial charge in [0.25, 0.3) is 5.91 Å². The van der Waals surface area contributed by atoms with E-state index in [1.165, 1.54) is 28.9 Å². The van der Waals surface area contributed by atoms with Crippen LogP contribution in [0, 0.1) is 0 Å². The van der Waals surface area contributed by atoms with Crippen molar-refractivity contribution in [2.24, 2.45) is 0 Å². The summed E-state index contributed by atoms with van der Waals surface area (Å²) in [7, 11) is 0. The molecule has 3 fully saturated rings. The first-order valence-corrected chi connectivity index (χ1v) is 14.4. The van der Waals surface area contributed by atoms with Crippen molar-refractivity contribution in [2.45, 2.75) is 94.6 Å². The first-order chi connectivity index (χ1) is 19.7. The largest absolute Gasteiger partial charge is 0.417 e. The molecule has 2 heterocycles. The lowest BCUT2D eigenvalue weighted by Gasteiger charge is -2.29. The van der Waals surface area contributed by atoms with Gasteiger partial charge in [0.05, 0.1) is 23.7 Å². The van der Waals surface area contributed by atoms with E-state index in [1.807, 2.05) is 0 Å². The number of aromatic nitrogens is 2. The Bertz CT molecular complexity index is 1250. The topological polar surface area (TPSA) is 114 Å². The summed E-state index contributed by atoms with van der Waals surface area (Å²) in [4.78, 5) is 39.4. The summed E-state index contributed by atoms with van der Waals surface area (Å²) in [5.74, 6) is -1.56. The third-order valence-electron chi connectivity index (χ3n) is 8.20. The average Bonchev–Trinajstić information content (AvgIpc) is 3.61. The lowest BCUT2D eigenvalue weighted by molar-refractivity contribution is -0.137. The minimum absolute atomic E-state index is 0.00694. The highest BCUT2D eigenvalue weighted by atomic mass is 19.4. The van der Waals surface area contributed by atoms with Gasteiger partial charge in [-0.3, -0.25) is 19.1 Å². The summed E-state index contributed by atoms with van der Waals surface area (Å²) in [5, 5.41) is 12.9. The molecule has 222 valence electrons. The van der Waals surface area contributed by atoms with E-state index < -0.39 is 29.6 Å². The van der Waals surface area contributed by atoms with Gasteiger partial charge in [0.15, 0.2) is 5.69 Å². The molecule has 1 saturated heterocycles. The number of nitrogens with zero attached hydrogens (tertiary/aromatic N) is 2. The molecule has 0 bridgehead atoms. The van der Waals surface area contributed by atoms with Crippen LogP contribution in [0.1, 0.15) is 86.3 Å². The molecule has 0 unspecified atom stereocenters. The fraction of sp³-hybridized carbons (Fsp3) is 0.586. The first-order valence-electron chi connectivity index (χ1n) is 14.4. The highest BCUT2D eigenvalue weighted by Crippen LogP contribution is 2.40. The zero-order valence-corrected chi connectivity index (χ0v) is 22.8. The van der Waals surface area contributed by atoms with Gasteiger partial charge in [-0.15, -0.1) is 0 Å². The van der Waals surface area contributed by atoms with E-state index in [1.54, 1.807) is 0 Å². The van der Waals surface area contributed by atoms with Crippen molar-refractivity contribution in [3.05, 3.63) is 41.6 Å². The van der Waals surface area contributed by atoms with Crippen LogP contribution in [0.25, 0.3) is 11.3 Å². The summed E-state index contributed by atoms with van der Waals surface area (Å²) < 4.78 is 48.5. The van der Waals surface area contributed by atoms with E-state index in [2.05, 4.69) is 21.0 Å². The van der Waals surface area contributed by atoms with Crippen LogP contribution in [0.3, 0.4) is 0 Å². The minimum atomic E-state index is -4.59. The molecule has 0 spiro atoms. The summed E-state index contributed by atoms with van der Waals surface area (Å²) in [5.41, 5.74) is -0.778. The number of alkyl halides is 3. The predicted molar refractivity (Wildman–Crippen MR) is 144 cm³/mol. The number of hydrogen-bond acceptors (Lipinski definition) is 5. The van der Waals surface area contributed by atoms with Crippen LogP contribution in [-0.4, -0.2) is 58.8 Å². The highest BCUT2D eigenvalue weighted by Gasteiger charge is 2.36. The molecule has 1 atom stereocenters. The van der Waals surface area contributed by atoms with Crippen molar-refractivity contribution in [1.82, 2.24) is 25.7 Å². The second-order valence-corrected chi connectivity index (χ2v) is 11.2. The Morgan fingerprint density at radius 1 is 0.951 bits per heavy atom. The molecule has 1 aliphatic heterocycles. The molecule has 3 amide bonds. The number of halogens is 3. The van der Waals surface area contributed by atoms with Crippen molar-refractivity contribution in [3.8, 4) is 11.3 Å². The number of carbonyl (C=O) groups excluding carboxylic acids is 3. The number of amides is 3. The van der Waals surface area contributed by atoms with Crippen molar-refractivity contribution in [2.75, 3.05) is 13.2 Å². The molecule has 5 rings (SSSR count). The fourth-order valence-electron chi connectivity index (χ4n) is 5.70. The molecule has 2 saturated carbocycles. The summed E-state index contributed by atoms with van der Waals surface area (Å²) in [6, 6.07) is 5.21. The van der Waals surface area contributed by atoms with Gasteiger partial charge in [-0.05, 0) is 57.1 Å². The number of benzene rings is 1. The molecule has 1 aromatic carbocycles. The van der Waals surface area contributed by atoms with Crippen LogP contribution in [0.4, 0.5) is 13.2 Å². The number of hydrogen-bond donors (Lipinski definition) is 3. The van der Waals surface area contributed by atoms with E-state index in [-0.39, 0.29) is 47.4 Å². The van der Waals surface area contributed by atoms with Crippen molar-refractivity contribution < 1.29 is 32.3 Å². The molecule has 3 N–H and O–H groups in total. The summed E-state index contributed by atoms with van der Waals surface area (Å²) in [6.07, 6.45) is 2.42. The van der Waals surface area contributed by atoms with Crippen LogP contribution in [0.2, 0.25) is 0 Å². The van der Waals surface area contributed by atoms with Crippen LogP contribution in [-0.2, 0) is 20.5 Å². The lowest BCUT2D eigenvalue weighted by Crippen LogP contribution is -2.53. The number of nitrogens with one attached hydrogen (secondary N) is 3. The quantitative estimate of drug-likeness (QED) is 0.416. The van der Waals surface area contributed by atoms with Crippen LogP contribution >= 0.6 is 0 Å². The Hall–Kier alpha value is -3.41. The maximum atomic E-state index is 13.9. The molecule has 41 heavy (non-hydrogen) atoms. The van der Waals surface area contributed by atoms with Gasteiger partial charge < -0.3 is 20.7 Å². The average molecular weight is 576 g/mol. The van der Waals surface area contributed by atoms with Gasteiger partial charge in [0.1, 0.15) is 6.04 Å². The van der Waals surface area contributed by atoms with E-state index >= 15 is 0 Å². The third-order valence-corrected chi connectivity index (χ3v) is 8.20. The SMILES string of the molecule is O=C(C[C@@H](NC(=O)c1cc(-c2ccccc2C(F)(F)F)n(C2CCCC2)n1)C(=O)NC1CCC1)NC1CCOCC1. The Kier molecular flexibility index (Phi) is 8.96. The van der Waals surface area contributed by atoms with Gasteiger partial charge in [-0.1, -0.05) is 31.0 Å². The molecular formula is C29H36F3N5O4. The number of rotatable bonds is 9. The molecule has 3 aliphatic rings. The maximum Gasteiger partial charge on any atom is 0.417 e. The number of ether oxygens (including phenoxy) is 1. The Morgan fingerprint density at radius 3 is 2.29 bits per heavy atom. The Balaban J connectivity index is 1.39. The van der Waals surface area contributed by atoms with Crippen molar-refractivity contribution in [1.29, 1.82) is 0 Å². The minimum Gasteiger partial charge on any atom is -0.381 e. The predicted octanol–water partition coefficient (Wildman–Crippen LogP) is 4.14. The van der Waals surface area contributed by atoms with Crippen LogP contribution in [0.5, 0.6) is 0 Å². The van der Waals surface area contributed by atoms with Crippen LogP contribution < -0.4 is 16.0 Å². The van der Waals surface area contributed by atoms with Gasteiger partial charge >= 0.3 is 6.18 Å². The van der Waals surface area contributed by atoms with Crippen LogP contribution in [0.15, 0.2) is 30.3 Å². The number of carbonyl (C=O) groups is 3. The zero-order valence-electron chi connectivity index (χ0n) is 22.8. The first kappa shape index (κ1) is 29.1.